The largest absolute Gasteiger partial charge is 0.392 e. The van der Waals surface area contributed by atoms with Gasteiger partial charge in [-0.2, -0.15) is 0 Å². The summed E-state index contributed by atoms with van der Waals surface area (Å²) >= 11 is 5.15. The maximum absolute atomic E-state index is 14.1. The molecule has 8 heteroatoms. The Balaban J connectivity index is 2.47. The third-order valence-corrected chi connectivity index (χ3v) is 5.13. The van der Waals surface area contributed by atoms with Crippen LogP contribution in [0.4, 0.5) is 10.1 Å². The first-order chi connectivity index (χ1) is 9.83. The summed E-state index contributed by atoms with van der Waals surface area (Å²) in [6, 6.07) is 9.19. The molecule has 0 bridgehead atoms. The van der Waals surface area contributed by atoms with Crippen molar-refractivity contribution in [3.05, 3.63) is 55.8 Å². The van der Waals surface area contributed by atoms with Crippen molar-refractivity contribution < 1.29 is 17.9 Å². The molecule has 4 nitrogen and oxygen atoms in total. The van der Waals surface area contributed by atoms with E-state index in [9.17, 15) is 12.8 Å². The summed E-state index contributed by atoms with van der Waals surface area (Å²) in [4.78, 5) is -0.514. The molecule has 0 saturated carbocycles. The molecule has 0 saturated heterocycles. The van der Waals surface area contributed by atoms with Crippen molar-refractivity contribution in [1.29, 1.82) is 0 Å². The summed E-state index contributed by atoms with van der Waals surface area (Å²) in [7, 11) is -4.09. The highest BCUT2D eigenvalue weighted by atomic mass is 127. The topological polar surface area (TPSA) is 66.4 Å². The molecule has 2 aromatic rings. The molecule has 0 atom stereocenters. The molecule has 0 spiro atoms. The fraction of sp³-hybridized carbons (Fsp3) is 0.0769. The van der Waals surface area contributed by atoms with Crippen LogP contribution in [-0.4, -0.2) is 13.5 Å². The van der Waals surface area contributed by atoms with Crippen LogP contribution in [0, 0.1) is 9.39 Å². The average Bonchev–Trinajstić information content (AvgIpc) is 2.40. The van der Waals surface area contributed by atoms with Gasteiger partial charge >= 0.3 is 0 Å². The second-order valence-corrected chi connectivity index (χ2v) is 7.96. The van der Waals surface area contributed by atoms with Crippen LogP contribution in [0.25, 0.3) is 0 Å². The maximum Gasteiger partial charge on any atom is 0.264 e. The summed E-state index contributed by atoms with van der Waals surface area (Å²) in [5.74, 6) is -0.959. The molecule has 0 unspecified atom stereocenters. The van der Waals surface area contributed by atoms with Gasteiger partial charge in [0.05, 0.1) is 6.61 Å². The zero-order valence-corrected chi connectivity index (χ0v) is 15.0. The molecular weight excluding hydrogens is 476 g/mol. The summed E-state index contributed by atoms with van der Waals surface area (Å²) in [5, 5.41) is 9.08. The summed E-state index contributed by atoms with van der Waals surface area (Å²) in [6.45, 7) is -0.586. The van der Waals surface area contributed by atoms with Crippen molar-refractivity contribution in [2.45, 2.75) is 11.5 Å². The monoisotopic (exact) mass is 485 g/mol. The van der Waals surface area contributed by atoms with Crippen LogP contribution in [0.15, 0.2) is 45.8 Å². The fourth-order valence-corrected chi connectivity index (χ4v) is 4.09. The van der Waals surface area contributed by atoms with Crippen molar-refractivity contribution in [1.82, 2.24) is 0 Å². The van der Waals surface area contributed by atoms with Crippen molar-refractivity contribution in [3.63, 3.8) is 0 Å². The summed E-state index contributed by atoms with van der Waals surface area (Å²) in [5.41, 5.74) is 0.249. The predicted molar refractivity (Wildman–Crippen MR) is 90.0 cm³/mol. The number of nitrogens with one attached hydrogen (secondary N) is 1. The Morgan fingerprint density at radius 3 is 2.62 bits per heavy atom. The van der Waals surface area contributed by atoms with Gasteiger partial charge < -0.3 is 5.11 Å². The Bertz CT molecular complexity index is 783. The van der Waals surface area contributed by atoms with Crippen LogP contribution in [-0.2, 0) is 16.6 Å². The highest BCUT2D eigenvalue weighted by Gasteiger charge is 2.22. The van der Waals surface area contributed by atoms with Gasteiger partial charge in [-0.25, -0.2) is 12.8 Å². The van der Waals surface area contributed by atoms with E-state index < -0.39 is 27.3 Å². The van der Waals surface area contributed by atoms with Gasteiger partial charge in [0.25, 0.3) is 10.0 Å². The SMILES string of the molecule is O=S(=O)(Nc1cccc(I)c1)c1cc(Br)cc(CO)c1F. The molecule has 0 aliphatic carbocycles. The number of hydrogen-bond donors (Lipinski definition) is 2. The minimum absolute atomic E-state index is 0.0904. The van der Waals surface area contributed by atoms with E-state index in [2.05, 4.69) is 20.7 Å². The molecule has 0 radical (unpaired) electrons. The number of aliphatic hydroxyl groups excluding tert-OH is 1. The van der Waals surface area contributed by atoms with Crippen LogP contribution in [0.5, 0.6) is 0 Å². The van der Waals surface area contributed by atoms with E-state index in [1.165, 1.54) is 6.07 Å². The number of anilines is 1. The third kappa shape index (κ3) is 3.93. The molecular formula is C13H10BrFINO3S. The first-order valence-electron chi connectivity index (χ1n) is 5.70. The van der Waals surface area contributed by atoms with Crippen molar-refractivity contribution >= 4 is 54.2 Å². The molecule has 2 aromatic carbocycles. The van der Waals surface area contributed by atoms with Crippen LogP contribution in [0.3, 0.4) is 0 Å². The number of hydrogen-bond acceptors (Lipinski definition) is 3. The number of aliphatic hydroxyl groups is 1. The van der Waals surface area contributed by atoms with E-state index in [0.29, 0.717) is 10.2 Å². The lowest BCUT2D eigenvalue weighted by Crippen LogP contribution is -2.15. The summed E-state index contributed by atoms with van der Waals surface area (Å²) < 4.78 is 42.3. The van der Waals surface area contributed by atoms with E-state index in [1.54, 1.807) is 18.2 Å². The van der Waals surface area contributed by atoms with Gasteiger partial charge in [0.2, 0.25) is 0 Å². The van der Waals surface area contributed by atoms with Crippen LogP contribution in [0.1, 0.15) is 5.56 Å². The molecule has 0 aromatic heterocycles. The molecule has 0 aliphatic heterocycles. The lowest BCUT2D eigenvalue weighted by atomic mass is 10.2. The van der Waals surface area contributed by atoms with Crippen molar-refractivity contribution in [2.75, 3.05) is 4.72 Å². The van der Waals surface area contributed by atoms with E-state index in [1.807, 2.05) is 28.7 Å². The van der Waals surface area contributed by atoms with E-state index in [0.717, 1.165) is 9.64 Å². The Morgan fingerprint density at radius 1 is 1.29 bits per heavy atom. The highest BCUT2D eigenvalue weighted by molar-refractivity contribution is 14.1. The Morgan fingerprint density at radius 2 is 2.00 bits per heavy atom. The number of rotatable bonds is 4. The first kappa shape index (κ1) is 16.7. The van der Waals surface area contributed by atoms with Gasteiger partial charge in [-0.3, -0.25) is 4.72 Å². The van der Waals surface area contributed by atoms with Gasteiger partial charge in [-0.1, -0.05) is 22.0 Å². The van der Waals surface area contributed by atoms with Gasteiger partial charge in [0, 0.05) is 19.3 Å². The lowest BCUT2D eigenvalue weighted by Gasteiger charge is -2.11. The lowest BCUT2D eigenvalue weighted by molar-refractivity contribution is 0.274. The van der Waals surface area contributed by atoms with E-state index in [-0.39, 0.29) is 5.56 Å². The van der Waals surface area contributed by atoms with E-state index in [4.69, 9.17) is 5.11 Å². The Labute approximate surface area is 143 Å². The average molecular weight is 486 g/mol. The molecule has 0 heterocycles. The number of benzene rings is 2. The molecule has 0 aliphatic rings. The van der Waals surface area contributed by atoms with Gasteiger partial charge in [-0.05, 0) is 52.9 Å². The number of halogens is 3. The maximum atomic E-state index is 14.1. The Kier molecular flexibility index (Phi) is 5.23. The fourth-order valence-electron chi connectivity index (χ4n) is 1.69. The van der Waals surface area contributed by atoms with Gasteiger partial charge in [-0.15, -0.1) is 0 Å². The van der Waals surface area contributed by atoms with Crippen LogP contribution >= 0.6 is 38.5 Å². The van der Waals surface area contributed by atoms with Crippen LogP contribution in [0.2, 0.25) is 0 Å². The molecule has 2 rings (SSSR count). The quantitative estimate of drug-likeness (QED) is 0.651. The smallest absolute Gasteiger partial charge is 0.264 e. The predicted octanol–water partition coefficient (Wildman–Crippen LogP) is 3.49. The highest BCUT2D eigenvalue weighted by Crippen LogP contribution is 2.26. The molecule has 112 valence electrons. The normalized spacial score (nSPS) is 11.4. The Hall–Kier alpha value is -0.710. The molecule has 2 N–H and O–H groups in total. The zero-order chi connectivity index (χ0) is 15.6. The molecule has 0 fully saturated rings. The standard InChI is InChI=1S/C13H10BrFINO3S/c14-9-4-8(7-18)13(15)12(5-9)21(19,20)17-11-3-1-2-10(16)6-11/h1-6,17-18H,7H2. The van der Waals surface area contributed by atoms with Gasteiger partial charge in [0.1, 0.15) is 10.7 Å². The first-order valence-corrected chi connectivity index (χ1v) is 9.06. The third-order valence-electron chi connectivity index (χ3n) is 2.62. The van der Waals surface area contributed by atoms with Gasteiger partial charge in [0.15, 0.2) is 0 Å². The minimum atomic E-state index is -4.09. The summed E-state index contributed by atoms with van der Waals surface area (Å²) in [6.07, 6.45) is 0. The zero-order valence-electron chi connectivity index (χ0n) is 10.5. The second-order valence-electron chi connectivity index (χ2n) is 4.15. The van der Waals surface area contributed by atoms with Crippen molar-refractivity contribution in [2.24, 2.45) is 0 Å². The number of sulfonamides is 1. The second kappa shape index (κ2) is 6.59. The van der Waals surface area contributed by atoms with E-state index >= 15 is 0 Å². The minimum Gasteiger partial charge on any atom is -0.392 e. The van der Waals surface area contributed by atoms with Crippen molar-refractivity contribution in [3.8, 4) is 0 Å². The van der Waals surface area contributed by atoms with Crippen LogP contribution < -0.4 is 4.72 Å². The molecule has 0 amide bonds. The molecule has 21 heavy (non-hydrogen) atoms.